The average molecular weight is 382 g/mol. The monoisotopic (exact) mass is 381 g/mol. The lowest BCUT2D eigenvalue weighted by Gasteiger charge is -2.11. The van der Waals surface area contributed by atoms with Crippen LogP contribution in [0.5, 0.6) is 0 Å². The van der Waals surface area contributed by atoms with Crippen molar-refractivity contribution < 1.29 is 4.79 Å². The highest BCUT2D eigenvalue weighted by Gasteiger charge is 2.11. The highest BCUT2D eigenvalue weighted by molar-refractivity contribution is 6.30. The van der Waals surface area contributed by atoms with Crippen molar-refractivity contribution in [3.63, 3.8) is 0 Å². The Labute approximate surface area is 165 Å². The molecule has 0 unspecified atom stereocenters. The minimum absolute atomic E-state index is 0.174. The van der Waals surface area contributed by atoms with Crippen LogP contribution in [0.4, 0.5) is 4.79 Å². The molecule has 4 nitrogen and oxygen atoms in total. The average Bonchev–Trinajstić information content (AvgIpc) is 2.94. The van der Waals surface area contributed by atoms with Crippen LogP contribution in [0, 0.1) is 20.8 Å². The summed E-state index contributed by atoms with van der Waals surface area (Å²) in [6.07, 6.45) is 0. The number of aryl methyl sites for hydroxylation is 2. The van der Waals surface area contributed by atoms with Crippen molar-refractivity contribution >= 4 is 17.6 Å². The van der Waals surface area contributed by atoms with Crippen LogP contribution >= 0.6 is 11.6 Å². The molecular formula is C22H24ClN3O. The Hall–Kier alpha value is -2.72. The SMILES string of the molecule is Cc1ccc(CNC(=O)NCc2cc(C)n(-c3ccc(Cl)cc3)c2C)cc1. The highest BCUT2D eigenvalue weighted by Crippen LogP contribution is 2.22. The van der Waals surface area contributed by atoms with Crippen LogP contribution in [-0.4, -0.2) is 10.6 Å². The van der Waals surface area contributed by atoms with E-state index in [1.54, 1.807) is 0 Å². The topological polar surface area (TPSA) is 46.1 Å². The molecule has 1 heterocycles. The van der Waals surface area contributed by atoms with Crippen molar-refractivity contribution in [1.29, 1.82) is 0 Å². The van der Waals surface area contributed by atoms with E-state index >= 15 is 0 Å². The lowest BCUT2D eigenvalue weighted by Crippen LogP contribution is -2.34. The Morgan fingerprint density at radius 3 is 2.22 bits per heavy atom. The number of carbonyl (C=O) groups excluding carboxylic acids is 1. The van der Waals surface area contributed by atoms with Crippen LogP contribution in [0.2, 0.25) is 5.02 Å². The molecule has 3 aromatic rings. The largest absolute Gasteiger partial charge is 0.334 e. The molecule has 0 aliphatic heterocycles. The fourth-order valence-corrected chi connectivity index (χ4v) is 3.25. The zero-order valence-electron chi connectivity index (χ0n) is 15.8. The summed E-state index contributed by atoms with van der Waals surface area (Å²) in [6, 6.07) is 17.8. The Bertz CT molecular complexity index is 927. The molecule has 0 aliphatic rings. The summed E-state index contributed by atoms with van der Waals surface area (Å²) in [5.74, 6) is 0. The first-order valence-corrected chi connectivity index (χ1v) is 9.33. The standard InChI is InChI=1S/C22H24ClN3O/c1-15-4-6-18(7-5-15)13-24-22(27)25-14-19-12-16(2)26(17(19)3)21-10-8-20(23)9-11-21/h4-12H,13-14H2,1-3H3,(H2,24,25,27). The molecule has 0 fully saturated rings. The minimum Gasteiger partial charge on any atom is -0.334 e. The number of nitrogens with one attached hydrogen (secondary N) is 2. The predicted molar refractivity (Wildman–Crippen MR) is 111 cm³/mol. The van der Waals surface area contributed by atoms with Crippen LogP contribution in [0.15, 0.2) is 54.6 Å². The third kappa shape index (κ3) is 4.72. The smallest absolute Gasteiger partial charge is 0.315 e. The van der Waals surface area contributed by atoms with E-state index in [1.165, 1.54) is 5.56 Å². The Balaban J connectivity index is 1.61. The summed E-state index contributed by atoms with van der Waals surface area (Å²) >= 11 is 5.99. The molecule has 0 saturated heterocycles. The van der Waals surface area contributed by atoms with Gasteiger partial charge < -0.3 is 15.2 Å². The van der Waals surface area contributed by atoms with Gasteiger partial charge in [-0.2, -0.15) is 0 Å². The molecule has 2 amide bonds. The third-order valence-corrected chi connectivity index (χ3v) is 4.89. The Morgan fingerprint density at radius 2 is 1.56 bits per heavy atom. The molecule has 0 atom stereocenters. The summed E-state index contributed by atoms with van der Waals surface area (Å²) in [7, 11) is 0. The number of amides is 2. The van der Waals surface area contributed by atoms with Gasteiger partial charge >= 0.3 is 6.03 Å². The summed E-state index contributed by atoms with van der Waals surface area (Å²) in [4.78, 5) is 12.1. The maximum Gasteiger partial charge on any atom is 0.315 e. The minimum atomic E-state index is -0.174. The van der Waals surface area contributed by atoms with E-state index in [1.807, 2.05) is 55.5 Å². The second kappa shape index (κ2) is 8.31. The predicted octanol–water partition coefficient (Wildman–Crippen LogP) is 5.06. The van der Waals surface area contributed by atoms with E-state index < -0.39 is 0 Å². The second-order valence-corrected chi connectivity index (χ2v) is 7.17. The first kappa shape index (κ1) is 19.1. The molecule has 27 heavy (non-hydrogen) atoms. The van der Waals surface area contributed by atoms with Gasteiger partial charge in [0.25, 0.3) is 0 Å². The van der Waals surface area contributed by atoms with E-state index in [0.717, 1.165) is 28.2 Å². The molecule has 0 aliphatic carbocycles. The van der Waals surface area contributed by atoms with Crippen LogP contribution in [0.25, 0.3) is 5.69 Å². The lowest BCUT2D eigenvalue weighted by atomic mass is 10.1. The molecule has 140 valence electrons. The summed E-state index contributed by atoms with van der Waals surface area (Å²) in [6.45, 7) is 7.15. The van der Waals surface area contributed by atoms with Gasteiger partial charge in [0.2, 0.25) is 0 Å². The van der Waals surface area contributed by atoms with E-state index in [9.17, 15) is 4.79 Å². The molecular weight excluding hydrogens is 358 g/mol. The number of hydrogen-bond acceptors (Lipinski definition) is 1. The number of halogens is 1. The summed E-state index contributed by atoms with van der Waals surface area (Å²) in [5, 5.41) is 6.55. The van der Waals surface area contributed by atoms with Crippen molar-refractivity contribution in [1.82, 2.24) is 15.2 Å². The van der Waals surface area contributed by atoms with Gasteiger partial charge in [-0.1, -0.05) is 41.4 Å². The van der Waals surface area contributed by atoms with Crippen molar-refractivity contribution in [2.45, 2.75) is 33.9 Å². The van der Waals surface area contributed by atoms with Crippen molar-refractivity contribution in [3.05, 3.63) is 87.7 Å². The first-order chi connectivity index (χ1) is 12.9. The fourth-order valence-electron chi connectivity index (χ4n) is 3.12. The van der Waals surface area contributed by atoms with Gasteiger partial charge in [0, 0.05) is 35.2 Å². The van der Waals surface area contributed by atoms with Crippen molar-refractivity contribution in [3.8, 4) is 5.69 Å². The van der Waals surface area contributed by atoms with Gasteiger partial charge in [0.15, 0.2) is 0 Å². The Morgan fingerprint density at radius 1 is 0.926 bits per heavy atom. The maximum absolute atomic E-state index is 12.1. The van der Waals surface area contributed by atoms with Gasteiger partial charge in [0.1, 0.15) is 0 Å². The number of carbonyl (C=O) groups is 1. The molecule has 0 saturated carbocycles. The third-order valence-electron chi connectivity index (χ3n) is 4.63. The first-order valence-electron chi connectivity index (χ1n) is 8.95. The van der Waals surface area contributed by atoms with E-state index in [2.05, 4.69) is 35.1 Å². The molecule has 2 N–H and O–H groups in total. The van der Waals surface area contributed by atoms with Gasteiger partial charge in [0.05, 0.1) is 0 Å². The summed E-state index contributed by atoms with van der Waals surface area (Å²) in [5.41, 5.74) is 6.66. The van der Waals surface area contributed by atoms with Gasteiger partial charge in [-0.05, 0) is 62.2 Å². The van der Waals surface area contributed by atoms with E-state index in [-0.39, 0.29) is 6.03 Å². The lowest BCUT2D eigenvalue weighted by molar-refractivity contribution is 0.240. The van der Waals surface area contributed by atoms with Crippen molar-refractivity contribution in [2.24, 2.45) is 0 Å². The van der Waals surface area contributed by atoms with Gasteiger partial charge in [-0.25, -0.2) is 4.79 Å². The molecule has 3 rings (SSSR count). The van der Waals surface area contributed by atoms with Gasteiger partial charge in [-0.15, -0.1) is 0 Å². The normalized spacial score (nSPS) is 10.7. The molecule has 0 bridgehead atoms. The van der Waals surface area contributed by atoms with Crippen LogP contribution in [0.1, 0.15) is 28.1 Å². The van der Waals surface area contributed by atoms with Crippen molar-refractivity contribution in [2.75, 3.05) is 0 Å². The number of aromatic nitrogens is 1. The molecule has 1 aromatic heterocycles. The maximum atomic E-state index is 12.1. The number of benzene rings is 2. The van der Waals surface area contributed by atoms with Crippen LogP contribution in [-0.2, 0) is 13.1 Å². The molecule has 5 heteroatoms. The zero-order chi connectivity index (χ0) is 19.4. The van der Waals surface area contributed by atoms with Gasteiger partial charge in [-0.3, -0.25) is 0 Å². The molecule has 0 spiro atoms. The zero-order valence-corrected chi connectivity index (χ0v) is 16.6. The number of nitrogens with zero attached hydrogens (tertiary/aromatic N) is 1. The van der Waals surface area contributed by atoms with Crippen LogP contribution < -0.4 is 10.6 Å². The van der Waals surface area contributed by atoms with Crippen LogP contribution in [0.3, 0.4) is 0 Å². The highest BCUT2D eigenvalue weighted by atomic mass is 35.5. The number of hydrogen-bond donors (Lipinski definition) is 2. The van der Waals surface area contributed by atoms with E-state index in [4.69, 9.17) is 11.6 Å². The Kier molecular flexibility index (Phi) is 5.87. The molecule has 0 radical (unpaired) electrons. The fraction of sp³-hybridized carbons (Fsp3) is 0.227. The second-order valence-electron chi connectivity index (χ2n) is 6.73. The number of urea groups is 1. The molecule has 2 aromatic carbocycles. The summed E-state index contributed by atoms with van der Waals surface area (Å²) < 4.78 is 2.16. The number of rotatable bonds is 5. The quantitative estimate of drug-likeness (QED) is 0.637. The van der Waals surface area contributed by atoms with E-state index in [0.29, 0.717) is 18.1 Å².